The third-order valence-corrected chi connectivity index (χ3v) is 7.74. The molecule has 0 N–H and O–H groups in total. The lowest BCUT2D eigenvalue weighted by atomic mass is 9.63. The highest BCUT2D eigenvalue weighted by Gasteiger charge is 2.49. The average molecular weight is 484 g/mol. The summed E-state index contributed by atoms with van der Waals surface area (Å²) in [6, 6.07) is 18.3. The summed E-state index contributed by atoms with van der Waals surface area (Å²) < 4.78 is 6.04. The molecular formula is C32H37NO3. The van der Waals surface area contributed by atoms with E-state index >= 15 is 0 Å². The van der Waals surface area contributed by atoms with Crippen LogP contribution >= 0.6 is 0 Å². The van der Waals surface area contributed by atoms with Gasteiger partial charge in [0.05, 0.1) is 6.61 Å². The van der Waals surface area contributed by atoms with Gasteiger partial charge in [0.15, 0.2) is 11.6 Å². The molecule has 0 aromatic heterocycles. The summed E-state index contributed by atoms with van der Waals surface area (Å²) in [5.41, 5.74) is 5.59. The van der Waals surface area contributed by atoms with Crippen molar-refractivity contribution in [3.8, 4) is 5.75 Å². The molecule has 0 saturated carbocycles. The molecule has 1 heterocycles. The quantitative estimate of drug-likeness (QED) is 0.461. The normalized spacial score (nSPS) is 21.4. The molecule has 0 unspecified atom stereocenters. The van der Waals surface area contributed by atoms with Gasteiger partial charge in [0.2, 0.25) is 0 Å². The van der Waals surface area contributed by atoms with Crippen LogP contribution in [0.5, 0.6) is 5.75 Å². The van der Waals surface area contributed by atoms with Crippen LogP contribution in [0.4, 0.5) is 0 Å². The summed E-state index contributed by atoms with van der Waals surface area (Å²) in [5, 5.41) is 0. The molecule has 0 spiro atoms. The summed E-state index contributed by atoms with van der Waals surface area (Å²) in [5.74, 6) is 0.687. The lowest BCUT2D eigenvalue weighted by Gasteiger charge is -2.49. The first-order valence-electron chi connectivity index (χ1n) is 13.2. The second-order valence-corrected chi connectivity index (χ2v) is 12.1. The van der Waals surface area contributed by atoms with E-state index in [2.05, 4.69) is 56.9 Å². The topological polar surface area (TPSA) is 46.6 Å². The highest BCUT2D eigenvalue weighted by atomic mass is 16.5. The van der Waals surface area contributed by atoms with Crippen molar-refractivity contribution in [2.24, 2.45) is 10.8 Å². The Bertz CT molecular complexity index is 1210. The zero-order valence-electron chi connectivity index (χ0n) is 22.2. The Balaban J connectivity index is 1.78. The number of nitrogens with zero attached hydrogens (tertiary/aromatic N) is 1. The molecule has 1 aliphatic heterocycles. The van der Waals surface area contributed by atoms with Crippen molar-refractivity contribution >= 4 is 11.6 Å². The van der Waals surface area contributed by atoms with Crippen molar-refractivity contribution in [1.29, 1.82) is 0 Å². The Morgan fingerprint density at radius 3 is 1.86 bits per heavy atom. The zero-order valence-corrected chi connectivity index (χ0v) is 22.2. The van der Waals surface area contributed by atoms with Gasteiger partial charge in [-0.2, -0.15) is 0 Å². The van der Waals surface area contributed by atoms with Crippen molar-refractivity contribution in [1.82, 2.24) is 4.90 Å². The predicted molar refractivity (Wildman–Crippen MR) is 142 cm³/mol. The maximum Gasteiger partial charge on any atom is 0.162 e. The largest absolute Gasteiger partial charge is 0.494 e. The van der Waals surface area contributed by atoms with Crippen LogP contribution in [0.25, 0.3) is 0 Å². The van der Waals surface area contributed by atoms with Crippen LogP contribution < -0.4 is 4.74 Å². The molecule has 4 heteroatoms. The van der Waals surface area contributed by atoms with Gasteiger partial charge in [-0.25, -0.2) is 0 Å². The van der Waals surface area contributed by atoms with Gasteiger partial charge in [0, 0.05) is 53.4 Å². The van der Waals surface area contributed by atoms with E-state index in [0.29, 0.717) is 26.0 Å². The molecule has 2 aromatic rings. The van der Waals surface area contributed by atoms with E-state index in [9.17, 15) is 9.59 Å². The van der Waals surface area contributed by atoms with Crippen LogP contribution in [0.15, 0.2) is 77.1 Å². The number of carbonyl (C=O) groups excluding carboxylic acids is 2. The molecule has 0 fully saturated rings. The zero-order chi connectivity index (χ0) is 25.7. The van der Waals surface area contributed by atoms with Crippen LogP contribution in [0.3, 0.4) is 0 Å². The third kappa shape index (κ3) is 4.42. The summed E-state index contributed by atoms with van der Waals surface area (Å²) in [6.45, 7) is 11.9. The number of Topliss-reactive ketones (excluding diaryl/α,β-unsaturated/α-hetero) is 2. The van der Waals surface area contributed by atoms with Gasteiger partial charge in [-0.1, -0.05) is 76.2 Å². The standard InChI is InChI=1S/C32H37NO3/c1-6-36-27-15-11-10-14-22(27)28-29-23(16-31(2,3)18-25(29)34)33(20-21-12-8-7-9-13-21)24-17-32(4,5)19-26(35)30(24)28/h7-15,28H,6,16-20H2,1-5H3. The Morgan fingerprint density at radius 1 is 0.778 bits per heavy atom. The maximum absolute atomic E-state index is 13.9. The van der Waals surface area contributed by atoms with Crippen molar-refractivity contribution in [3.63, 3.8) is 0 Å². The summed E-state index contributed by atoms with van der Waals surface area (Å²) in [7, 11) is 0. The fraction of sp³-hybridized carbons (Fsp3) is 0.438. The van der Waals surface area contributed by atoms with Gasteiger partial charge in [-0.05, 0) is 42.2 Å². The number of ketones is 2. The Kier molecular flexibility index (Phi) is 6.18. The highest BCUT2D eigenvalue weighted by Crippen LogP contribution is 2.55. The lowest BCUT2D eigenvalue weighted by Crippen LogP contribution is -2.44. The van der Waals surface area contributed by atoms with Crippen molar-refractivity contribution in [3.05, 3.63) is 88.3 Å². The molecule has 0 radical (unpaired) electrons. The monoisotopic (exact) mass is 483 g/mol. The van der Waals surface area contributed by atoms with Crippen molar-refractivity contribution in [2.45, 2.75) is 72.8 Å². The number of para-hydroxylation sites is 1. The molecule has 4 nitrogen and oxygen atoms in total. The molecule has 2 aromatic carbocycles. The number of rotatable bonds is 5. The van der Waals surface area contributed by atoms with E-state index in [-0.39, 0.29) is 28.3 Å². The summed E-state index contributed by atoms with van der Waals surface area (Å²) in [4.78, 5) is 30.2. The highest BCUT2D eigenvalue weighted by molar-refractivity contribution is 6.07. The first kappa shape index (κ1) is 24.5. The van der Waals surface area contributed by atoms with Gasteiger partial charge in [-0.15, -0.1) is 0 Å². The molecule has 0 atom stereocenters. The first-order chi connectivity index (χ1) is 17.1. The minimum Gasteiger partial charge on any atom is -0.494 e. The van der Waals surface area contributed by atoms with Gasteiger partial charge in [0.25, 0.3) is 0 Å². The van der Waals surface area contributed by atoms with E-state index in [1.807, 2.05) is 37.3 Å². The van der Waals surface area contributed by atoms with E-state index in [4.69, 9.17) is 4.74 Å². The Hall–Kier alpha value is -3.14. The van der Waals surface area contributed by atoms with Crippen LogP contribution in [-0.2, 0) is 16.1 Å². The lowest BCUT2D eigenvalue weighted by molar-refractivity contribution is -0.119. The average Bonchev–Trinajstić information content (AvgIpc) is 2.80. The van der Waals surface area contributed by atoms with E-state index < -0.39 is 0 Å². The molecular weight excluding hydrogens is 446 g/mol. The smallest absolute Gasteiger partial charge is 0.162 e. The van der Waals surface area contributed by atoms with Crippen LogP contribution in [-0.4, -0.2) is 23.1 Å². The molecule has 188 valence electrons. The molecule has 0 amide bonds. The Morgan fingerprint density at radius 2 is 1.31 bits per heavy atom. The van der Waals surface area contributed by atoms with E-state index in [1.54, 1.807) is 0 Å². The van der Waals surface area contributed by atoms with Crippen LogP contribution in [0.1, 0.15) is 77.3 Å². The number of hydrogen-bond acceptors (Lipinski definition) is 4. The number of ether oxygens (including phenoxy) is 1. The molecule has 36 heavy (non-hydrogen) atoms. The number of hydrogen-bond donors (Lipinski definition) is 0. The van der Waals surface area contributed by atoms with Crippen LogP contribution in [0.2, 0.25) is 0 Å². The first-order valence-corrected chi connectivity index (χ1v) is 13.2. The molecule has 5 rings (SSSR count). The summed E-state index contributed by atoms with van der Waals surface area (Å²) in [6.07, 6.45) is 2.58. The maximum atomic E-state index is 13.9. The predicted octanol–water partition coefficient (Wildman–Crippen LogP) is 6.97. The van der Waals surface area contributed by atoms with Gasteiger partial charge >= 0.3 is 0 Å². The van der Waals surface area contributed by atoms with Gasteiger partial charge < -0.3 is 9.64 Å². The molecule has 3 aliphatic rings. The SMILES string of the molecule is CCOc1ccccc1C1C2=C(CC(C)(C)CC2=O)N(Cc2ccccc2)C2=C1C(=O)CC(C)(C)C2. The summed E-state index contributed by atoms with van der Waals surface area (Å²) >= 11 is 0. The van der Waals surface area contributed by atoms with Gasteiger partial charge in [-0.3, -0.25) is 9.59 Å². The van der Waals surface area contributed by atoms with Crippen LogP contribution in [0, 0.1) is 10.8 Å². The second kappa shape index (κ2) is 9.06. The number of benzene rings is 2. The number of allylic oxidation sites excluding steroid dienone is 4. The minimum atomic E-state index is -0.378. The van der Waals surface area contributed by atoms with Gasteiger partial charge in [0.1, 0.15) is 5.75 Å². The molecule has 2 aliphatic carbocycles. The van der Waals surface area contributed by atoms with Crippen molar-refractivity contribution in [2.75, 3.05) is 6.61 Å². The minimum absolute atomic E-state index is 0.138. The van der Waals surface area contributed by atoms with E-state index in [0.717, 1.165) is 46.7 Å². The van der Waals surface area contributed by atoms with E-state index in [1.165, 1.54) is 5.56 Å². The molecule has 0 saturated heterocycles. The fourth-order valence-electron chi connectivity index (χ4n) is 6.32. The third-order valence-electron chi connectivity index (χ3n) is 7.74. The molecule has 0 bridgehead atoms. The Labute approximate surface area is 215 Å². The fourth-order valence-corrected chi connectivity index (χ4v) is 6.32. The second-order valence-electron chi connectivity index (χ2n) is 12.1. The van der Waals surface area contributed by atoms with Crippen molar-refractivity contribution < 1.29 is 14.3 Å². The number of carbonyl (C=O) groups is 2.